The molecule has 1 aliphatic heterocycles. The molecule has 1 aliphatic rings. The molecular formula is C60H106N16O28S5. The monoisotopic (exact) mass is 1660 g/mol. The second kappa shape index (κ2) is 47.8. The highest BCUT2D eigenvalue weighted by Gasteiger charge is 2.38. The van der Waals surface area contributed by atoms with Gasteiger partial charge in [-0.05, 0) is 115 Å². The van der Waals surface area contributed by atoms with E-state index < -0.39 is 301 Å². The van der Waals surface area contributed by atoms with Crippen LogP contribution in [0, 0.1) is 11.8 Å². The number of benzene rings is 1. The molecule has 49 heteroatoms. The lowest BCUT2D eigenvalue weighted by molar-refractivity contribution is -0.137. The van der Waals surface area contributed by atoms with Crippen LogP contribution in [-0.4, -0.2) is 281 Å². The number of rotatable bonds is 43. The van der Waals surface area contributed by atoms with Crippen LogP contribution in [-0.2, 0) is 110 Å². The summed E-state index contributed by atoms with van der Waals surface area (Å²) in [6.07, 6.45) is -6.44. The van der Waals surface area contributed by atoms with E-state index in [0.717, 1.165) is 20.3 Å². The Morgan fingerprint density at radius 2 is 0.853 bits per heavy atom. The van der Waals surface area contributed by atoms with Crippen LogP contribution in [0.15, 0.2) is 30.3 Å². The van der Waals surface area contributed by atoms with Gasteiger partial charge in [0.2, 0.25) is 65.0 Å². The number of unbranched alkanes of at least 4 members (excludes halogenated alkanes) is 1. The fourth-order valence-corrected chi connectivity index (χ4v) is 12.4. The van der Waals surface area contributed by atoms with Gasteiger partial charge in [-0.25, -0.2) is 0 Å². The van der Waals surface area contributed by atoms with Crippen molar-refractivity contribution in [2.75, 3.05) is 68.7 Å². The minimum Gasteiger partial charge on any atom is -0.391 e. The Bertz CT molecular complexity index is 3770. The van der Waals surface area contributed by atoms with Gasteiger partial charge in [0.1, 0.15) is 89.8 Å². The topological polar surface area (TPSA) is 693 Å². The van der Waals surface area contributed by atoms with Crippen LogP contribution in [0.5, 0.6) is 0 Å². The minimum atomic E-state index is -4.78. The average Bonchev–Trinajstić information content (AvgIpc) is 1.16. The van der Waals surface area contributed by atoms with E-state index in [9.17, 15) is 123 Å². The molecule has 11 amide bonds. The van der Waals surface area contributed by atoms with Crippen LogP contribution in [0.1, 0.15) is 118 Å². The van der Waals surface area contributed by atoms with Crippen molar-refractivity contribution in [3.8, 4) is 0 Å². The highest BCUT2D eigenvalue weighted by atomic mass is 32.2. The molecule has 1 saturated heterocycles. The van der Waals surface area contributed by atoms with Crippen molar-refractivity contribution in [1.29, 1.82) is 0 Å². The Labute approximate surface area is 632 Å². The van der Waals surface area contributed by atoms with E-state index in [4.69, 9.17) is 0 Å². The van der Waals surface area contributed by atoms with Gasteiger partial charge >= 0.3 is 0 Å². The van der Waals surface area contributed by atoms with Crippen LogP contribution in [0.2, 0.25) is 0 Å². The van der Waals surface area contributed by atoms with Gasteiger partial charge in [-0.2, -0.15) is 42.1 Å². The number of aliphatic hydroxyl groups is 2. The summed E-state index contributed by atoms with van der Waals surface area (Å²) in [5.74, 6) is -18.9. The van der Waals surface area contributed by atoms with Crippen molar-refractivity contribution in [3.05, 3.63) is 35.9 Å². The molecule has 0 saturated carbocycles. The van der Waals surface area contributed by atoms with Crippen molar-refractivity contribution >= 4 is 116 Å². The zero-order chi connectivity index (χ0) is 82.6. The van der Waals surface area contributed by atoms with Gasteiger partial charge in [-0.3, -0.25) is 75.5 Å². The maximum absolute atomic E-state index is 15.0. The first-order valence-electron chi connectivity index (χ1n) is 34.5. The number of amides is 11. The first-order valence-corrected chi connectivity index (χ1v) is 42.6. The minimum absolute atomic E-state index is 0.0919. The Morgan fingerprint density at radius 1 is 0.450 bits per heavy atom. The van der Waals surface area contributed by atoms with Crippen molar-refractivity contribution in [1.82, 2.24) is 85.1 Å². The smallest absolute Gasteiger partial charge is 0.278 e. The molecule has 0 radical (unpaired) electrons. The molecule has 0 spiro atoms. The third-order valence-electron chi connectivity index (χ3n) is 15.8. The molecule has 0 aliphatic carbocycles. The van der Waals surface area contributed by atoms with Crippen molar-refractivity contribution < 1.29 is 128 Å². The molecule has 12 atom stereocenters. The molecule has 23 N–H and O–H groups in total. The van der Waals surface area contributed by atoms with Crippen LogP contribution in [0.4, 0.5) is 0 Å². The summed E-state index contributed by atoms with van der Waals surface area (Å²) in [6, 6.07) is -11.0. The van der Waals surface area contributed by atoms with Gasteiger partial charge < -0.3 is 95.3 Å². The summed E-state index contributed by atoms with van der Waals surface area (Å²) < 4.78 is 164. The number of hydrogen-bond donors (Lipinski definition) is 23. The fourth-order valence-electron chi connectivity index (χ4n) is 10.4. The normalized spacial score (nSPS) is 21.0. The number of carbonyl (C=O) groups is 11. The zero-order valence-electron chi connectivity index (χ0n) is 61.0. The lowest BCUT2D eigenvalue weighted by atomic mass is 10.00. The molecule has 0 aromatic heterocycles. The summed E-state index contributed by atoms with van der Waals surface area (Å²) in [7, 11) is -23.5. The average molecular weight is 1660 g/mol. The molecule has 109 heavy (non-hydrogen) atoms. The van der Waals surface area contributed by atoms with Crippen LogP contribution in [0.25, 0.3) is 0 Å². The molecule has 1 aromatic carbocycles. The van der Waals surface area contributed by atoms with E-state index in [2.05, 4.69) is 85.1 Å². The predicted molar refractivity (Wildman–Crippen MR) is 388 cm³/mol. The number of nitrogens with one attached hydrogen (secondary N) is 16. The molecule has 0 bridgehead atoms. The summed E-state index contributed by atoms with van der Waals surface area (Å²) in [5, 5.41) is 59.8. The number of carbonyl (C=O) groups excluding carboxylic acids is 11. The van der Waals surface area contributed by atoms with Crippen molar-refractivity contribution in [2.24, 2.45) is 11.8 Å². The maximum Gasteiger partial charge on any atom is 0.278 e. The molecular weight excluding hydrogens is 1550 g/mol. The maximum atomic E-state index is 15.0. The van der Waals surface area contributed by atoms with Gasteiger partial charge in [-0.1, -0.05) is 70.9 Å². The zero-order valence-corrected chi connectivity index (χ0v) is 65.1. The Hall–Kier alpha value is -7.34. The van der Waals surface area contributed by atoms with Crippen molar-refractivity contribution in [3.63, 3.8) is 0 Å². The standard InChI is InChI=1S/C60H106N16O28S5/c1-35(2)12-10-11-15-48(79)67-40(16-22-61-30-105(90,91)92)55(84)76-50(38(6)78)60(89)72-43(19-25-64-33-108(99,100)101)52(81)70-45-21-27-66-59(88)49(37(5)77)75-56(85)44(20-26-65-34-109(102,103)104)69-51(80)41(17-23-62-31-106(93,94)95)71-57(86)46(28-36(3)4)73-58(87)47(29-39-13-8-7-9-14-39)74-54(83)42(68-53(45)82)18-24-63-32-107(96,97)98/h7-9,13-14,35-38,40-47,49-50,61-65,77-78H,10-12,15-34H2,1-6H3,(H,66,88)(H,67,79)(H,68,82)(H,69,80)(H,70,81)(H,71,86)(H,72,89)(H,73,87)(H,74,83)(H,75,85)(H,76,84)(H,90,91,92)(H,93,94,95)(H,96,97,98)(H,99,100,101)(H,102,103,104). The van der Waals surface area contributed by atoms with Crippen LogP contribution >= 0.6 is 0 Å². The second-order valence-corrected chi connectivity index (χ2v) is 33.9. The third kappa shape index (κ3) is 43.7. The molecule has 12 unspecified atom stereocenters. The molecule has 44 nitrogen and oxygen atoms in total. The first kappa shape index (κ1) is 97.7. The van der Waals surface area contributed by atoms with Gasteiger partial charge in [-0.15, -0.1) is 0 Å². The molecule has 1 aromatic rings. The quantitative estimate of drug-likeness (QED) is 0.0213. The van der Waals surface area contributed by atoms with E-state index in [1.54, 1.807) is 32.0 Å². The first-order chi connectivity index (χ1) is 50.5. The SMILES string of the molecule is CC(C)CCCCC(=O)NC(CCNCS(=O)(=O)O)C(=O)NC(C(=O)NC(CCNCS(=O)(=O)O)C(=O)NC1CCNC(=O)C(C(C)O)NC(=O)C(CCNCS(=O)(=O)O)NC(=O)C(CCNCS(=O)(=O)O)NC(=O)C(CC(C)C)NC(=O)C(Cc2ccccc2)NC(=O)C(CCNCS(=O)(=O)O)NC1=O)C(C)O. The van der Waals surface area contributed by atoms with Gasteiger partial charge in [0.15, 0.2) is 0 Å². The van der Waals surface area contributed by atoms with Crippen molar-refractivity contribution in [2.45, 2.75) is 191 Å². The molecule has 2 rings (SSSR count). The predicted octanol–water partition coefficient (Wildman–Crippen LogP) is -8.25. The Kier molecular flexibility index (Phi) is 42.8. The number of hydrogen-bond acceptors (Lipinski definition) is 28. The Morgan fingerprint density at radius 3 is 1.28 bits per heavy atom. The third-order valence-corrected chi connectivity index (χ3v) is 18.7. The summed E-state index contributed by atoms with van der Waals surface area (Å²) in [4.78, 5) is 159. The molecule has 1 heterocycles. The highest BCUT2D eigenvalue weighted by molar-refractivity contribution is 7.86. The van der Waals surface area contributed by atoms with Gasteiger partial charge in [0.25, 0.3) is 50.6 Å². The summed E-state index contributed by atoms with van der Waals surface area (Å²) in [6.45, 7) is 5.85. The highest BCUT2D eigenvalue weighted by Crippen LogP contribution is 2.13. The summed E-state index contributed by atoms with van der Waals surface area (Å²) in [5.41, 5.74) is 0.362. The molecule has 624 valence electrons. The Balaban J connectivity index is 3.02. The van der Waals surface area contributed by atoms with E-state index >= 15 is 4.79 Å². The van der Waals surface area contributed by atoms with Gasteiger partial charge in [0, 0.05) is 19.4 Å². The fraction of sp³-hybridized carbons (Fsp3) is 0.717. The van der Waals surface area contributed by atoms with E-state index in [0.29, 0.717) is 24.3 Å². The van der Waals surface area contributed by atoms with Gasteiger partial charge in [0.05, 0.1) is 12.2 Å². The lowest BCUT2D eigenvalue weighted by Crippen LogP contribution is -2.62. The van der Waals surface area contributed by atoms with E-state index in [1.807, 2.05) is 13.8 Å². The largest absolute Gasteiger partial charge is 0.391 e. The number of aliphatic hydroxyl groups excluding tert-OH is 2. The molecule has 1 fully saturated rings. The van der Waals surface area contributed by atoms with E-state index in [-0.39, 0.29) is 19.4 Å². The lowest BCUT2D eigenvalue weighted by Gasteiger charge is -2.29. The van der Waals surface area contributed by atoms with Crippen LogP contribution in [0.3, 0.4) is 0 Å². The van der Waals surface area contributed by atoms with Crippen LogP contribution < -0.4 is 85.1 Å². The summed E-state index contributed by atoms with van der Waals surface area (Å²) >= 11 is 0. The van der Waals surface area contributed by atoms with E-state index in [1.165, 1.54) is 12.1 Å². The second-order valence-electron chi connectivity index (χ2n) is 26.6.